The summed E-state index contributed by atoms with van der Waals surface area (Å²) in [6, 6.07) is 5.98. The van der Waals surface area contributed by atoms with E-state index in [9.17, 15) is 5.11 Å². The number of pyridine rings is 1. The molecule has 0 amide bonds. The van der Waals surface area contributed by atoms with Crippen molar-refractivity contribution in [3.63, 3.8) is 0 Å². The normalized spacial score (nSPS) is 23.3. The Labute approximate surface area is 114 Å². The van der Waals surface area contributed by atoms with Gasteiger partial charge in [0.25, 0.3) is 0 Å². The highest BCUT2D eigenvalue weighted by molar-refractivity contribution is 5.34. The highest BCUT2D eigenvalue weighted by Crippen LogP contribution is 2.22. The summed E-state index contributed by atoms with van der Waals surface area (Å²) in [4.78, 5) is 6.81. The number of nitrogens with zero attached hydrogens (tertiary/aromatic N) is 2. The topological polar surface area (TPSA) is 57.6 Å². The van der Waals surface area contributed by atoms with Crippen molar-refractivity contribution in [1.82, 2.24) is 9.88 Å². The quantitative estimate of drug-likeness (QED) is 0.853. The van der Waals surface area contributed by atoms with Gasteiger partial charge in [-0.1, -0.05) is 6.07 Å². The summed E-state index contributed by atoms with van der Waals surface area (Å²) in [6.07, 6.45) is -0.115. The van der Waals surface area contributed by atoms with Gasteiger partial charge in [0, 0.05) is 26.7 Å². The third-order valence-electron chi connectivity index (χ3n) is 3.20. The van der Waals surface area contributed by atoms with Crippen molar-refractivity contribution in [2.24, 2.45) is 0 Å². The van der Waals surface area contributed by atoms with Crippen LogP contribution in [0.2, 0.25) is 0 Å². The minimum atomic E-state index is -0.230. The van der Waals surface area contributed by atoms with E-state index in [0.717, 1.165) is 31.1 Å². The van der Waals surface area contributed by atoms with Gasteiger partial charge in [-0.2, -0.15) is 0 Å². The third-order valence-corrected chi connectivity index (χ3v) is 3.20. The van der Waals surface area contributed by atoms with Gasteiger partial charge in [0.1, 0.15) is 5.82 Å². The molecule has 19 heavy (non-hydrogen) atoms. The molecule has 0 saturated carbocycles. The van der Waals surface area contributed by atoms with E-state index in [1.54, 1.807) is 0 Å². The predicted molar refractivity (Wildman–Crippen MR) is 75.1 cm³/mol. The smallest absolute Gasteiger partial charge is 0.126 e. The molecule has 1 aliphatic heterocycles. The van der Waals surface area contributed by atoms with Crippen LogP contribution in [0.3, 0.4) is 0 Å². The number of aliphatic hydroxyl groups is 1. The van der Waals surface area contributed by atoms with Gasteiger partial charge in [-0.3, -0.25) is 4.90 Å². The van der Waals surface area contributed by atoms with Crippen LogP contribution in [0.25, 0.3) is 0 Å². The van der Waals surface area contributed by atoms with E-state index in [1.807, 2.05) is 25.2 Å². The second kappa shape index (κ2) is 5.86. The van der Waals surface area contributed by atoms with Crippen LogP contribution in [-0.4, -0.2) is 53.4 Å². The molecule has 1 atom stereocenters. The van der Waals surface area contributed by atoms with Crippen LogP contribution < -0.4 is 5.32 Å². The summed E-state index contributed by atoms with van der Waals surface area (Å²) in [5, 5.41) is 12.4. The number of morpholine rings is 1. The zero-order valence-corrected chi connectivity index (χ0v) is 11.9. The first-order chi connectivity index (χ1) is 9.02. The standard InChI is InChI=1S/C14H23N3O2/c1-14(2)10-17(8-12(9-18)19-14)7-11-5-4-6-13(15-3)16-11/h4-6,12,18H,7-10H2,1-3H3,(H,15,16). The molecule has 1 saturated heterocycles. The van der Waals surface area contributed by atoms with E-state index < -0.39 is 0 Å². The Hall–Kier alpha value is -1.17. The van der Waals surface area contributed by atoms with Crippen molar-refractivity contribution >= 4 is 5.82 Å². The number of rotatable bonds is 4. The van der Waals surface area contributed by atoms with E-state index in [0.29, 0.717) is 0 Å². The van der Waals surface area contributed by atoms with Gasteiger partial charge in [-0.15, -0.1) is 0 Å². The van der Waals surface area contributed by atoms with Crippen LogP contribution in [0.1, 0.15) is 19.5 Å². The molecule has 0 aromatic carbocycles. The number of ether oxygens (including phenoxy) is 1. The maximum atomic E-state index is 9.31. The number of hydrogen-bond donors (Lipinski definition) is 2. The average Bonchev–Trinajstić information content (AvgIpc) is 2.37. The van der Waals surface area contributed by atoms with Crippen LogP contribution in [0.4, 0.5) is 5.82 Å². The molecule has 2 N–H and O–H groups in total. The van der Waals surface area contributed by atoms with Crippen LogP contribution in [0, 0.1) is 0 Å². The average molecular weight is 265 g/mol. The number of anilines is 1. The number of aliphatic hydroxyl groups excluding tert-OH is 1. The SMILES string of the molecule is CNc1cccc(CN2CC(CO)OC(C)(C)C2)n1. The predicted octanol–water partition coefficient (Wildman–Crippen LogP) is 1.09. The van der Waals surface area contributed by atoms with Crippen molar-refractivity contribution < 1.29 is 9.84 Å². The van der Waals surface area contributed by atoms with Crippen molar-refractivity contribution in [1.29, 1.82) is 0 Å². The Morgan fingerprint density at radius 1 is 1.53 bits per heavy atom. The number of hydrogen-bond acceptors (Lipinski definition) is 5. The monoisotopic (exact) mass is 265 g/mol. The number of aromatic nitrogens is 1. The van der Waals surface area contributed by atoms with Gasteiger partial charge in [0.2, 0.25) is 0 Å². The zero-order chi connectivity index (χ0) is 13.9. The lowest BCUT2D eigenvalue weighted by atomic mass is 10.1. The van der Waals surface area contributed by atoms with Crippen molar-refractivity contribution in [3.05, 3.63) is 23.9 Å². The van der Waals surface area contributed by atoms with Crippen LogP contribution in [0.5, 0.6) is 0 Å². The lowest BCUT2D eigenvalue weighted by Gasteiger charge is -2.42. The van der Waals surface area contributed by atoms with Gasteiger partial charge in [-0.05, 0) is 26.0 Å². The molecule has 1 aliphatic rings. The molecule has 1 unspecified atom stereocenters. The first-order valence-electron chi connectivity index (χ1n) is 6.67. The van der Waals surface area contributed by atoms with Gasteiger partial charge in [-0.25, -0.2) is 4.98 Å². The van der Waals surface area contributed by atoms with E-state index in [1.165, 1.54) is 0 Å². The summed E-state index contributed by atoms with van der Waals surface area (Å²) in [6.45, 7) is 6.53. The Balaban J connectivity index is 2.04. The molecule has 1 aromatic heterocycles. The molecule has 0 spiro atoms. The molecule has 0 radical (unpaired) electrons. The molecule has 5 heteroatoms. The van der Waals surface area contributed by atoms with Gasteiger partial charge >= 0.3 is 0 Å². The van der Waals surface area contributed by atoms with Gasteiger partial charge < -0.3 is 15.2 Å². The largest absolute Gasteiger partial charge is 0.394 e. The molecular formula is C14H23N3O2. The van der Waals surface area contributed by atoms with Crippen molar-refractivity contribution in [2.75, 3.05) is 32.1 Å². The highest BCUT2D eigenvalue weighted by Gasteiger charge is 2.33. The maximum Gasteiger partial charge on any atom is 0.126 e. The molecule has 106 valence electrons. The van der Waals surface area contributed by atoms with E-state index >= 15 is 0 Å². The fraction of sp³-hybridized carbons (Fsp3) is 0.643. The molecule has 5 nitrogen and oxygen atoms in total. The Kier molecular flexibility index (Phi) is 4.39. The molecule has 1 aromatic rings. The zero-order valence-electron chi connectivity index (χ0n) is 11.9. The van der Waals surface area contributed by atoms with E-state index in [-0.39, 0.29) is 18.3 Å². The Bertz CT molecular complexity index is 423. The Morgan fingerprint density at radius 3 is 3.00 bits per heavy atom. The summed E-state index contributed by atoms with van der Waals surface area (Å²) < 4.78 is 5.81. The fourth-order valence-electron chi connectivity index (χ4n) is 2.57. The first-order valence-corrected chi connectivity index (χ1v) is 6.67. The number of nitrogens with one attached hydrogen (secondary N) is 1. The first kappa shape index (κ1) is 14.2. The molecule has 0 aliphatic carbocycles. The summed E-state index contributed by atoms with van der Waals surface area (Å²) in [5.74, 6) is 0.878. The van der Waals surface area contributed by atoms with Crippen LogP contribution in [-0.2, 0) is 11.3 Å². The minimum Gasteiger partial charge on any atom is -0.394 e. The van der Waals surface area contributed by atoms with Crippen molar-refractivity contribution in [2.45, 2.75) is 32.1 Å². The lowest BCUT2D eigenvalue weighted by Crippen LogP contribution is -2.53. The summed E-state index contributed by atoms with van der Waals surface area (Å²) in [5.41, 5.74) is 0.799. The Morgan fingerprint density at radius 2 is 2.32 bits per heavy atom. The van der Waals surface area contributed by atoms with Crippen LogP contribution >= 0.6 is 0 Å². The molecule has 1 fully saturated rings. The second-order valence-electron chi connectivity index (χ2n) is 5.62. The van der Waals surface area contributed by atoms with Gasteiger partial charge in [0.15, 0.2) is 0 Å². The fourth-order valence-corrected chi connectivity index (χ4v) is 2.57. The minimum absolute atomic E-state index is 0.0594. The second-order valence-corrected chi connectivity index (χ2v) is 5.62. The van der Waals surface area contributed by atoms with E-state index in [4.69, 9.17) is 4.74 Å². The van der Waals surface area contributed by atoms with E-state index in [2.05, 4.69) is 29.0 Å². The molecule has 2 heterocycles. The lowest BCUT2D eigenvalue weighted by molar-refractivity contribution is -0.150. The highest BCUT2D eigenvalue weighted by atomic mass is 16.5. The van der Waals surface area contributed by atoms with Gasteiger partial charge in [0.05, 0.1) is 24.0 Å². The molecule has 0 bridgehead atoms. The summed E-state index contributed by atoms with van der Waals surface area (Å²) >= 11 is 0. The van der Waals surface area contributed by atoms with Crippen molar-refractivity contribution in [3.8, 4) is 0 Å². The third kappa shape index (κ3) is 3.89. The molecule has 2 rings (SSSR count). The van der Waals surface area contributed by atoms with Crippen LogP contribution in [0.15, 0.2) is 18.2 Å². The maximum absolute atomic E-state index is 9.31. The molecular weight excluding hydrogens is 242 g/mol. The summed E-state index contributed by atoms with van der Waals surface area (Å²) in [7, 11) is 1.87.